The van der Waals surface area contributed by atoms with E-state index in [1.807, 2.05) is 36.4 Å². The first-order valence-corrected chi connectivity index (χ1v) is 12.1. The van der Waals surface area contributed by atoms with Crippen molar-refractivity contribution in [3.05, 3.63) is 126 Å². The van der Waals surface area contributed by atoms with Gasteiger partial charge in [0.25, 0.3) is 5.91 Å². The average molecular weight is 484 g/mol. The maximum atomic E-state index is 13.5. The van der Waals surface area contributed by atoms with E-state index >= 15 is 0 Å². The van der Waals surface area contributed by atoms with E-state index < -0.39 is 0 Å². The van der Waals surface area contributed by atoms with Crippen molar-refractivity contribution in [2.24, 2.45) is 10.7 Å². The van der Waals surface area contributed by atoms with Gasteiger partial charge in [-0.25, -0.2) is 9.37 Å². The molecule has 4 aromatic rings. The van der Waals surface area contributed by atoms with Gasteiger partial charge in [0.2, 0.25) is 0 Å². The largest absolute Gasteiger partial charge is 0.369 e. The van der Waals surface area contributed by atoms with Crippen molar-refractivity contribution in [3.63, 3.8) is 0 Å². The number of nitrogens with two attached hydrogens (primary N) is 1. The lowest BCUT2D eigenvalue weighted by Gasteiger charge is -2.22. The van der Waals surface area contributed by atoms with E-state index in [0.29, 0.717) is 31.5 Å². The van der Waals surface area contributed by atoms with E-state index in [1.165, 1.54) is 12.1 Å². The zero-order valence-electron chi connectivity index (χ0n) is 20.1. The summed E-state index contributed by atoms with van der Waals surface area (Å²) in [4.78, 5) is 26.5. The van der Waals surface area contributed by atoms with E-state index in [-0.39, 0.29) is 23.6 Å². The molecule has 3 N–H and O–H groups in total. The molecule has 36 heavy (non-hydrogen) atoms. The van der Waals surface area contributed by atoms with E-state index in [4.69, 9.17) is 5.73 Å². The summed E-state index contributed by atoms with van der Waals surface area (Å²) in [5.74, 6) is -0.223. The quantitative estimate of drug-likeness (QED) is 0.241. The number of amides is 1. The summed E-state index contributed by atoms with van der Waals surface area (Å²) in [6, 6.07) is 25.7. The van der Waals surface area contributed by atoms with Gasteiger partial charge in [-0.2, -0.15) is 0 Å². The van der Waals surface area contributed by atoms with Crippen LogP contribution in [-0.4, -0.2) is 39.8 Å². The van der Waals surface area contributed by atoms with Crippen LogP contribution in [0.25, 0.3) is 0 Å². The number of carbonyl (C=O) groups is 1. The Morgan fingerprint density at radius 2 is 1.64 bits per heavy atom. The van der Waals surface area contributed by atoms with Gasteiger partial charge in [0, 0.05) is 36.5 Å². The van der Waals surface area contributed by atoms with Crippen LogP contribution in [0.4, 0.5) is 4.39 Å². The van der Waals surface area contributed by atoms with Gasteiger partial charge in [-0.3, -0.25) is 14.7 Å². The highest BCUT2D eigenvalue weighted by Gasteiger charge is 2.20. The minimum absolute atomic E-state index is 0.0296. The molecular weight excluding hydrogens is 453 g/mol. The number of imidazole rings is 1. The number of aryl methyl sites for hydroxylation is 1. The van der Waals surface area contributed by atoms with Crippen molar-refractivity contribution in [2.75, 3.05) is 13.1 Å². The van der Waals surface area contributed by atoms with Crippen molar-refractivity contribution in [3.8, 4) is 0 Å². The molecule has 4 rings (SSSR count). The molecule has 0 saturated carbocycles. The zero-order chi connectivity index (χ0) is 25.2. The lowest BCUT2D eigenvalue weighted by Crippen LogP contribution is -2.43. The summed E-state index contributed by atoms with van der Waals surface area (Å²) in [6.45, 7) is 0.851. The SMILES string of the molecule is NC(=NCCC(c1ccccc1)c1ccc(F)cc1)N(CCCc1cnc[nH]1)C(=O)c1ccccc1. The molecule has 1 aromatic heterocycles. The zero-order valence-corrected chi connectivity index (χ0v) is 20.1. The lowest BCUT2D eigenvalue weighted by molar-refractivity contribution is 0.0844. The van der Waals surface area contributed by atoms with Crippen LogP contribution >= 0.6 is 0 Å². The Balaban J connectivity index is 1.49. The van der Waals surface area contributed by atoms with Gasteiger partial charge < -0.3 is 10.7 Å². The molecule has 7 heteroatoms. The summed E-state index contributed by atoms with van der Waals surface area (Å²) >= 11 is 0. The van der Waals surface area contributed by atoms with Crippen molar-refractivity contribution in [2.45, 2.75) is 25.2 Å². The fourth-order valence-electron chi connectivity index (χ4n) is 4.21. The number of carbonyl (C=O) groups excluding carboxylic acids is 1. The van der Waals surface area contributed by atoms with Gasteiger partial charge in [-0.1, -0.05) is 60.7 Å². The van der Waals surface area contributed by atoms with E-state index in [9.17, 15) is 9.18 Å². The second-order valence-electron chi connectivity index (χ2n) is 8.55. The Bertz CT molecular complexity index is 1240. The fraction of sp³-hybridized carbons (Fsp3) is 0.207. The number of guanidine groups is 1. The normalized spacial score (nSPS) is 12.3. The van der Waals surface area contributed by atoms with Crippen molar-refractivity contribution < 1.29 is 9.18 Å². The summed E-state index contributed by atoms with van der Waals surface area (Å²) in [5, 5.41) is 0. The monoisotopic (exact) mass is 483 g/mol. The molecule has 0 aliphatic heterocycles. The number of halogens is 1. The van der Waals surface area contributed by atoms with Crippen LogP contribution in [0.2, 0.25) is 0 Å². The number of hydrogen-bond donors (Lipinski definition) is 2. The van der Waals surface area contributed by atoms with Crippen LogP contribution in [0.3, 0.4) is 0 Å². The number of aromatic nitrogens is 2. The highest BCUT2D eigenvalue weighted by atomic mass is 19.1. The fourth-order valence-corrected chi connectivity index (χ4v) is 4.21. The van der Waals surface area contributed by atoms with Gasteiger partial charge in [0.1, 0.15) is 5.82 Å². The van der Waals surface area contributed by atoms with Crippen LogP contribution in [0, 0.1) is 5.82 Å². The molecule has 0 aliphatic carbocycles. The molecule has 1 atom stereocenters. The molecule has 0 fully saturated rings. The second kappa shape index (κ2) is 12.4. The highest BCUT2D eigenvalue weighted by Crippen LogP contribution is 2.28. The van der Waals surface area contributed by atoms with Crippen LogP contribution in [0.1, 0.15) is 45.9 Å². The Morgan fingerprint density at radius 1 is 0.972 bits per heavy atom. The molecule has 3 aromatic carbocycles. The summed E-state index contributed by atoms with van der Waals surface area (Å²) in [5.41, 5.74) is 10.1. The molecule has 6 nitrogen and oxygen atoms in total. The number of benzene rings is 3. The third-order valence-electron chi connectivity index (χ3n) is 6.09. The van der Waals surface area contributed by atoms with E-state index in [1.54, 1.807) is 41.7 Å². The Morgan fingerprint density at radius 3 is 2.31 bits per heavy atom. The lowest BCUT2D eigenvalue weighted by atomic mass is 9.88. The maximum Gasteiger partial charge on any atom is 0.260 e. The predicted octanol–water partition coefficient (Wildman–Crippen LogP) is 5.16. The third-order valence-corrected chi connectivity index (χ3v) is 6.09. The molecule has 0 saturated heterocycles. The van der Waals surface area contributed by atoms with E-state index in [0.717, 1.165) is 23.2 Å². The number of hydrogen-bond acceptors (Lipinski definition) is 3. The number of aliphatic imine (C=N–C) groups is 1. The van der Waals surface area contributed by atoms with Crippen LogP contribution < -0.4 is 5.73 Å². The molecule has 1 unspecified atom stereocenters. The second-order valence-corrected chi connectivity index (χ2v) is 8.55. The van der Waals surface area contributed by atoms with Gasteiger partial charge >= 0.3 is 0 Å². The van der Waals surface area contributed by atoms with Crippen LogP contribution in [-0.2, 0) is 6.42 Å². The maximum absolute atomic E-state index is 13.5. The molecule has 0 spiro atoms. The average Bonchev–Trinajstić information content (AvgIpc) is 3.44. The summed E-state index contributed by atoms with van der Waals surface area (Å²) < 4.78 is 13.5. The third kappa shape index (κ3) is 6.66. The minimum atomic E-state index is -0.266. The van der Waals surface area contributed by atoms with Crippen molar-refractivity contribution >= 4 is 11.9 Å². The molecule has 0 bridgehead atoms. The minimum Gasteiger partial charge on any atom is -0.369 e. The van der Waals surface area contributed by atoms with E-state index in [2.05, 4.69) is 27.1 Å². The van der Waals surface area contributed by atoms with Crippen molar-refractivity contribution in [1.82, 2.24) is 14.9 Å². The molecule has 1 amide bonds. The summed E-state index contributed by atoms with van der Waals surface area (Å²) in [6.07, 6.45) is 5.53. The molecule has 1 heterocycles. The van der Waals surface area contributed by atoms with Crippen molar-refractivity contribution in [1.29, 1.82) is 0 Å². The molecule has 184 valence electrons. The molecular formula is C29H30FN5O. The number of H-pyrrole nitrogens is 1. The topological polar surface area (TPSA) is 87.4 Å². The van der Waals surface area contributed by atoms with Gasteiger partial charge in [-0.15, -0.1) is 0 Å². The Labute approximate surface area is 210 Å². The Hall–Kier alpha value is -4.26. The first kappa shape index (κ1) is 24.9. The Kier molecular flexibility index (Phi) is 8.59. The smallest absolute Gasteiger partial charge is 0.260 e. The standard InChI is InChI=1S/C29H30FN5O/c30-25-15-13-23(14-16-25)27(22-8-3-1-4-9-22)17-18-33-29(31)35(19-7-12-26-20-32-21-34-26)28(36)24-10-5-2-6-11-24/h1-6,8-11,13-16,20-21,27H,7,12,17-19H2,(H2,31,33)(H,32,34). The first-order chi connectivity index (χ1) is 17.6. The van der Waals surface area contributed by atoms with Crippen LogP contribution in [0.5, 0.6) is 0 Å². The first-order valence-electron chi connectivity index (χ1n) is 12.1. The number of rotatable bonds is 10. The molecule has 0 aliphatic rings. The highest BCUT2D eigenvalue weighted by molar-refractivity contribution is 6.05. The number of aromatic amines is 1. The molecule has 0 radical (unpaired) electrons. The van der Waals surface area contributed by atoms with Gasteiger partial charge in [-0.05, 0) is 54.7 Å². The number of nitrogens with one attached hydrogen (secondary N) is 1. The van der Waals surface area contributed by atoms with Gasteiger partial charge in [0.05, 0.1) is 6.33 Å². The summed E-state index contributed by atoms with van der Waals surface area (Å²) in [7, 11) is 0. The number of nitrogens with zero attached hydrogens (tertiary/aromatic N) is 3. The van der Waals surface area contributed by atoms with Crippen LogP contribution in [0.15, 0.2) is 102 Å². The van der Waals surface area contributed by atoms with Gasteiger partial charge in [0.15, 0.2) is 5.96 Å². The predicted molar refractivity (Wildman–Crippen MR) is 140 cm³/mol.